The number of rotatable bonds is 5. The van der Waals surface area contributed by atoms with Gasteiger partial charge >= 0.3 is 0 Å². The van der Waals surface area contributed by atoms with Gasteiger partial charge in [0.05, 0.1) is 0 Å². The fourth-order valence-electron chi connectivity index (χ4n) is 1.37. The summed E-state index contributed by atoms with van der Waals surface area (Å²) in [6, 6.07) is 2.12. The molecule has 1 aromatic rings. The third-order valence-electron chi connectivity index (χ3n) is 2.56. The Labute approximate surface area is 111 Å². The lowest BCUT2D eigenvalue weighted by atomic mass is 10.2. The normalized spacial score (nSPS) is 13.6. The molecule has 1 aromatic carbocycles. The molecular formula is C11H16ClFN2O2S. The van der Waals surface area contributed by atoms with E-state index in [-0.39, 0.29) is 23.2 Å². The highest BCUT2D eigenvalue weighted by atomic mass is 35.5. The monoisotopic (exact) mass is 294 g/mol. The van der Waals surface area contributed by atoms with E-state index in [0.717, 1.165) is 6.07 Å². The van der Waals surface area contributed by atoms with E-state index in [0.29, 0.717) is 6.42 Å². The first-order chi connectivity index (χ1) is 8.31. The first-order valence-corrected chi connectivity index (χ1v) is 7.38. The quantitative estimate of drug-likeness (QED) is 0.872. The molecule has 0 heterocycles. The van der Waals surface area contributed by atoms with E-state index < -0.39 is 20.7 Å². The Morgan fingerprint density at radius 2 is 2.11 bits per heavy atom. The van der Waals surface area contributed by atoms with Crippen molar-refractivity contribution in [3.63, 3.8) is 0 Å². The van der Waals surface area contributed by atoms with Crippen LogP contribution in [0.1, 0.15) is 25.8 Å². The maximum absolute atomic E-state index is 13.9. The van der Waals surface area contributed by atoms with Gasteiger partial charge < -0.3 is 5.73 Å². The summed E-state index contributed by atoms with van der Waals surface area (Å²) in [4.78, 5) is -0.462. The topological polar surface area (TPSA) is 72.2 Å². The maximum Gasteiger partial charge on any atom is 0.243 e. The average Bonchev–Trinajstić information content (AvgIpc) is 2.30. The Balaban J connectivity index is 3.28. The van der Waals surface area contributed by atoms with Crippen LogP contribution in [0.15, 0.2) is 17.0 Å². The van der Waals surface area contributed by atoms with Gasteiger partial charge in [-0.25, -0.2) is 17.5 Å². The van der Waals surface area contributed by atoms with Crippen molar-refractivity contribution in [3.8, 4) is 0 Å². The number of nitrogens with one attached hydrogen (secondary N) is 1. The molecule has 0 aliphatic heterocycles. The molecule has 0 aromatic heterocycles. The van der Waals surface area contributed by atoms with Crippen molar-refractivity contribution in [2.24, 2.45) is 5.73 Å². The van der Waals surface area contributed by atoms with Crippen LogP contribution in [-0.2, 0) is 16.6 Å². The van der Waals surface area contributed by atoms with Gasteiger partial charge in [0.25, 0.3) is 0 Å². The fraction of sp³-hybridized carbons (Fsp3) is 0.455. The van der Waals surface area contributed by atoms with Gasteiger partial charge in [0.2, 0.25) is 10.0 Å². The number of benzene rings is 1. The summed E-state index contributed by atoms with van der Waals surface area (Å²) in [7, 11) is -3.92. The van der Waals surface area contributed by atoms with Crippen LogP contribution in [0.2, 0.25) is 5.02 Å². The Morgan fingerprint density at radius 3 is 2.61 bits per heavy atom. The van der Waals surface area contributed by atoms with E-state index in [4.69, 9.17) is 17.3 Å². The predicted molar refractivity (Wildman–Crippen MR) is 69.4 cm³/mol. The highest BCUT2D eigenvalue weighted by molar-refractivity contribution is 7.89. The van der Waals surface area contributed by atoms with E-state index in [1.54, 1.807) is 6.92 Å². The van der Waals surface area contributed by atoms with Gasteiger partial charge in [-0.2, -0.15) is 0 Å². The van der Waals surface area contributed by atoms with Crippen LogP contribution in [0.4, 0.5) is 4.39 Å². The molecule has 0 bridgehead atoms. The Kier molecular flexibility index (Phi) is 5.10. The van der Waals surface area contributed by atoms with Crippen LogP contribution in [0, 0.1) is 5.82 Å². The molecule has 0 fully saturated rings. The van der Waals surface area contributed by atoms with Crippen molar-refractivity contribution in [2.75, 3.05) is 0 Å². The van der Waals surface area contributed by atoms with Crippen LogP contribution in [0.3, 0.4) is 0 Å². The SMILES string of the molecule is CCC(C)NS(=O)(=O)c1cc(Cl)cc(CN)c1F. The van der Waals surface area contributed by atoms with Gasteiger partial charge in [-0.05, 0) is 25.5 Å². The molecule has 0 aliphatic carbocycles. The Hall–Kier alpha value is -0.690. The molecule has 0 saturated carbocycles. The molecule has 1 rings (SSSR count). The first kappa shape index (κ1) is 15.4. The summed E-state index contributed by atoms with van der Waals surface area (Å²) in [5, 5.41) is 0.140. The smallest absolute Gasteiger partial charge is 0.243 e. The van der Waals surface area contributed by atoms with Gasteiger partial charge in [0.1, 0.15) is 10.7 Å². The molecule has 102 valence electrons. The highest BCUT2D eigenvalue weighted by Gasteiger charge is 2.23. The van der Waals surface area contributed by atoms with Gasteiger partial charge in [-0.1, -0.05) is 18.5 Å². The Morgan fingerprint density at radius 1 is 1.50 bits per heavy atom. The number of halogens is 2. The Bertz CT molecular complexity index is 534. The van der Waals surface area contributed by atoms with Gasteiger partial charge in [0.15, 0.2) is 0 Å². The summed E-state index contributed by atoms with van der Waals surface area (Å²) in [6.45, 7) is 3.41. The molecular weight excluding hydrogens is 279 g/mol. The first-order valence-electron chi connectivity index (χ1n) is 5.52. The number of sulfonamides is 1. The molecule has 1 unspecified atom stereocenters. The van der Waals surface area contributed by atoms with Crippen LogP contribution in [0.5, 0.6) is 0 Å². The second-order valence-electron chi connectivity index (χ2n) is 4.01. The summed E-state index contributed by atoms with van der Waals surface area (Å²) < 4.78 is 40.3. The summed E-state index contributed by atoms with van der Waals surface area (Å²) >= 11 is 5.76. The molecule has 0 spiro atoms. The zero-order valence-corrected chi connectivity index (χ0v) is 11.8. The molecule has 0 saturated heterocycles. The van der Waals surface area contributed by atoms with Crippen LogP contribution >= 0.6 is 11.6 Å². The second kappa shape index (κ2) is 5.97. The predicted octanol–water partition coefficient (Wildman–Crippen LogP) is 2.01. The highest BCUT2D eigenvalue weighted by Crippen LogP contribution is 2.23. The van der Waals surface area contributed by atoms with E-state index in [1.807, 2.05) is 6.92 Å². The molecule has 7 heteroatoms. The third-order valence-corrected chi connectivity index (χ3v) is 4.36. The molecule has 3 N–H and O–H groups in total. The minimum Gasteiger partial charge on any atom is -0.326 e. The number of nitrogens with two attached hydrogens (primary N) is 1. The molecule has 18 heavy (non-hydrogen) atoms. The van der Waals surface area contributed by atoms with Gasteiger partial charge in [-0.15, -0.1) is 0 Å². The van der Waals surface area contributed by atoms with E-state index in [2.05, 4.69) is 4.72 Å². The van der Waals surface area contributed by atoms with E-state index in [9.17, 15) is 12.8 Å². The standard InChI is InChI=1S/C11H16ClFN2O2S/c1-3-7(2)15-18(16,17)10-5-9(12)4-8(6-14)11(10)13/h4-5,7,15H,3,6,14H2,1-2H3. The molecule has 4 nitrogen and oxygen atoms in total. The molecule has 0 amide bonds. The third kappa shape index (κ3) is 3.41. The lowest BCUT2D eigenvalue weighted by Crippen LogP contribution is -2.32. The van der Waals surface area contributed by atoms with Crippen molar-refractivity contribution < 1.29 is 12.8 Å². The van der Waals surface area contributed by atoms with Crippen molar-refractivity contribution in [1.29, 1.82) is 0 Å². The van der Waals surface area contributed by atoms with E-state index >= 15 is 0 Å². The zero-order chi connectivity index (χ0) is 13.9. The summed E-state index contributed by atoms with van der Waals surface area (Å²) in [5.41, 5.74) is 5.42. The van der Waals surface area contributed by atoms with Crippen molar-refractivity contribution >= 4 is 21.6 Å². The van der Waals surface area contributed by atoms with Crippen LogP contribution in [0.25, 0.3) is 0 Å². The van der Waals surface area contributed by atoms with Crippen LogP contribution in [-0.4, -0.2) is 14.5 Å². The van der Waals surface area contributed by atoms with Crippen molar-refractivity contribution in [1.82, 2.24) is 4.72 Å². The van der Waals surface area contributed by atoms with Gasteiger partial charge in [0, 0.05) is 23.2 Å². The minimum absolute atomic E-state index is 0.0760. The van der Waals surface area contributed by atoms with E-state index in [1.165, 1.54) is 6.07 Å². The summed E-state index contributed by atoms with van der Waals surface area (Å²) in [5.74, 6) is -0.849. The lowest BCUT2D eigenvalue weighted by molar-refractivity contribution is 0.535. The average molecular weight is 295 g/mol. The largest absolute Gasteiger partial charge is 0.326 e. The number of hydrogen-bond donors (Lipinski definition) is 2. The van der Waals surface area contributed by atoms with Gasteiger partial charge in [-0.3, -0.25) is 0 Å². The number of hydrogen-bond acceptors (Lipinski definition) is 3. The fourth-order valence-corrected chi connectivity index (χ4v) is 3.15. The van der Waals surface area contributed by atoms with Crippen LogP contribution < -0.4 is 10.5 Å². The molecule has 0 radical (unpaired) electrons. The van der Waals surface area contributed by atoms with Crippen molar-refractivity contribution in [2.45, 2.75) is 37.8 Å². The van der Waals surface area contributed by atoms with Crippen molar-refractivity contribution in [3.05, 3.63) is 28.5 Å². The summed E-state index contributed by atoms with van der Waals surface area (Å²) in [6.07, 6.45) is 0.602. The molecule has 0 aliphatic rings. The zero-order valence-electron chi connectivity index (χ0n) is 10.2. The minimum atomic E-state index is -3.92. The lowest BCUT2D eigenvalue weighted by Gasteiger charge is -2.14. The second-order valence-corrected chi connectivity index (χ2v) is 6.13. The maximum atomic E-state index is 13.9. The molecule has 1 atom stereocenters.